The van der Waals surface area contributed by atoms with Gasteiger partial charge in [-0.05, 0) is 19.1 Å². The molecule has 0 unspecified atom stereocenters. The second-order valence-electron chi connectivity index (χ2n) is 2.70. The molecular formula is C10H13NO3. The lowest BCUT2D eigenvalue weighted by Gasteiger charge is -2.06. The van der Waals surface area contributed by atoms with Crippen LogP contribution in [0.5, 0.6) is 5.75 Å². The van der Waals surface area contributed by atoms with E-state index in [9.17, 15) is 5.11 Å². The molecule has 0 bridgehead atoms. The summed E-state index contributed by atoms with van der Waals surface area (Å²) in [6.45, 7) is 2.57. The van der Waals surface area contributed by atoms with Crippen molar-refractivity contribution in [1.82, 2.24) is 0 Å². The highest BCUT2D eigenvalue weighted by atomic mass is 16.5. The Bertz CT molecular complexity index is 323. The molecule has 1 aromatic carbocycles. The van der Waals surface area contributed by atoms with Crippen molar-refractivity contribution in [3.05, 3.63) is 29.8 Å². The Morgan fingerprint density at radius 2 is 2.14 bits per heavy atom. The minimum atomic E-state index is 0.0833. The number of oxime groups is 1. The summed E-state index contributed by atoms with van der Waals surface area (Å²) in [5.41, 5.74) is 0.813. The average molecular weight is 195 g/mol. The highest BCUT2D eigenvalue weighted by molar-refractivity contribution is 6.03. The predicted octanol–water partition coefficient (Wildman–Crippen LogP) is 1.61. The van der Waals surface area contributed by atoms with Crippen LogP contribution in [0, 0.1) is 0 Å². The van der Waals surface area contributed by atoms with Crippen LogP contribution >= 0.6 is 0 Å². The maximum atomic E-state index is 9.46. The van der Waals surface area contributed by atoms with Crippen LogP contribution in [-0.4, -0.2) is 29.2 Å². The van der Waals surface area contributed by atoms with E-state index in [1.54, 1.807) is 18.2 Å². The molecule has 0 saturated carbocycles. The minimum absolute atomic E-state index is 0.0833. The molecule has 0 aliphatic rings. The Morgan fingerprint density at radius 1 is 1.43 bits per heavy atom. The number of benzene rings is 1. The fraction of sp³-hybridized carbons (Fsp3) is 0.300. The van der Waals surface area contributed by atoms with Crippen molar-refractivity contribution < 1.29 is 15.1 Å². The van der Waals surface area contributed by atoms with Gasteiger partial charge in [0.1, 0.15) is 11.5 Å². The van der Waals surface area contributed by atoms with Gasteiger partial charge in [0.05, 0.1) is 6.61 Å². The zero-order chi connectivity index (χ0) is 10.4. The first kappa shape index (κ1) is 10.5. The highest BCUT2D eigenvalue weighted by Gasteiger charge is 2.08. The van der Waals surface area contributed by atoms with Crippen LogP contribution in [0.3, 0.4) is 0 Å². The van der Waals surface area contributed by atoms with Gasteiger partial charge in [0.15, 0.2) is 0 Å². The molecule has 0 aromatic heterocycles. The van der Waals surface area contributed by atoms with Crippen LogP contribution in [-0.2, 0) is 4.74 Å². The summed E-state index contributed by atoms with van der Waals surface area (Å²) in [5, 5.41) is 21.3. The van der Waals surface area contributed by atoms with Gasteiger partial charge in [-0.25, -0.2) is 0 Å². The molecule has 2 N–H and O–H groups in total. The molecule has 0 amide bonds. The molecule has 0 aliphatic carbocycles. The Balaban J connectivity index is 2.85. The van der Waals surface area contributed by atoms with E-state index in [1.165, 1.54) is 6.07 Å². The van der Waals surface area contributed by atoms with E-state index in [0.29, 0.717) is 17.9 Å². The van der Waals surface area contributed by atoms with Crippen molar-refractivity contribution in [2.45, 2.75) is 6.92 Å². The Labute approximate surface area is 82.4 Å². The molecule has 14 heavy (non-hydrogen) atoms. The fourth-order valence-corrected chi connectivity index (χ4v) is 1.08. The normalized spacial score (nSPS) is 11.6. The summed E-state index contributed by atoms with van der Waals surface area (Å²) in [4.78, 5) is 0. The van der Waals surface area contributed by atoms with Crippen LogP contribution in [0.1, 0.15) is 12.5 Å². The monoisotopic (exact) mass is 195 g/mol. The van der Waals surface area contributed by atoms with E-state index >= 15 is 0 Å². The predicted molar refractivity (Wildman–Crippen MR) is 52.9 cm³/mol. The Kier molecular flexibility index (Phi) is 3.94. The van der Waals surface area contributed by atoms with Gasteiger partial charge in [-0.15, -0.1) is 0 Å². The lowest BCUT2D eigenvalue weighted by molar-refractivity contribution is 0.184. The van der Waals surface area contributed by atoms with Crippen LogP contribution in [0.4, 0.5) is 0 Å². The number of phenolic OH excluding ortho intramolecular Hbond substituents is 1. The third-order valence-electron chi connectivity index (χ3n) is 1.78. The van der Waals surface area contributed by atoms with Gasteiger partial charge >= 0.3 is 0 Å². The van der Waals surface area contributed by atoms with Crippen molar-refractivity contribution in [3.8, 4) is 5.75 Å². The van der Waals surface area contributed by atoms with E-state index in [4.69, 9.17) is 9.94 Å². The number of hydrogen-bond donors (Lipinski definition) is 2. The number of rotatable bonds is 4. The summed E-state index contributed by atoms with van der Waals surface area (Å²) >= 11 is 0. The SMILES string of the molecule is CCOC/C(=N\O)c1ccccc1O. The van der Waals surface area contributed by atoms with E-state index in [2.05, 4.69) is 5.16 Å². The zero-order valence-corrected chi connectivity index (χ0v) is 7.97. The van der Waals surface area contributed by atoms with E-state index in [-0.39, 0.29) is 12.4 Å². The van der Waals surface area contributed by atoms with Crippen molar-refractivity contribution in [1.29, 1.82) is 0 Å². The maximum absolute atomic E-state index is 9.46. The lowest BCUT2D eigenvalue weighted by Crippen LogP contribution is -2.10. The molecule has 0 radical (unpaired) electrons. The van der Waals surface area contributed by atoms with E-state index < -0.39 is 0 Å². The summed E-state index contributed by atoms with van der Waals surface area (Å²) in [5.74, 6) is 0.0833. The average Bonchev–Trinajstić information content (AvgIpc) is 2.21. The van der Waals surface area contributed by atoms with Gasteiger partial charge < -0.3 is 15.1 Å². The lowest BCUT2D eigenvalue weighted by atomic mass is 10.1. The summed E-state index contributed by atoms with van der Waals surface area (Å²) in [6, 6.07) is 6.66. The van der Waals surface area contributed by atoms with Gasteiger partial charge in [-0.3, -0.25) is 0 Å². The van der Waals surface area contributed by atoms with Crippen molar-refractivity contribution in [2.75, 3.05) is 13.2 Å². The molecular weight excluding hydrogens is 182 g/mol. The van der Waals surface area contributed by atoms with Gasteiger partial charge in [0.25, 0.3) is 0 Å². The van der Waals surface area contributed by atoms with Gasteiger partial charge in [-0.1, -0.05) is 17.3 Å². The second kappa shape index (κ2) is 5.24. The molecule has 4 nitrogen and oxygen atoms in total. The first-order chi connectivity index (χ1) is 6.79. The molecule has 0 spiro atoms. The Morgan fingerprint density at radius 3 is 2.71 bits per heavy atom. The number of phenols is 1. The van der Waals surface area contributed by atoms with Crippen LogP contribution < -0.4 is 0 Å². The molecule has 0 fully saturated rings. The van der Waals surface area contributed by atoms with Crippen LogP contribution in [0.15, 0.2) is 29.4 Å². The third kappa shape index (κ3) is 2.47. The fourth-order valence-electron chi connectivity index (χ4n) is 1.08. The largest absolute Gasteiger partial charge is 0.507 e. The molecule has 1 aromatic rings. The number of aromatic hydroxyl groups is 1. The first-order valence-corrected chi connectivity index (χ1v) is 4.36. The summed E-state index contributed by atoms with van der Waals surface area (Å²) in [7, 11) is 0. The topological polar surface area (TPSA) is 62.0 Å². The molecule has 0 heterocycles. The molecule has 1 rings (SSSR count). The van der Waals surface area contributed by atoms with E-state index in [1.807, 2.05) is 6.92 Å². The highest BCUT2D eigenvalue weighted by Crippen LogP contribution is 2.16. The van der Waals surface area contributed by atoms with Crippen molar-refractivity contribution in [2.24, 2.45) is 5.16 Å². The molecule has 4 heteroatoms. The number of para-hydroxylation sites is 1. The van der Waals surface area contributed by atoms with E-state index in [0.717, 1.165) is 0 Å². The smallest absolute Gasteiger partial charge is 0.124 e. The first-order valence-electron chi connectivity index (χ1n) is 4.36. The standard InChI is InChI=1S/C10H13NO3/c1-2-14-7-9(11-13)8-5-3-4-6-10(8)12/h3-6,12-13H,2,7H2,1H3/b11-9+. The number of hydrogen-bond acceptors (Lipinski definition) is 4. The summed E-state index contributed by atoms with van der Waals surface area (Å²) in [6.07, 6.45) is 0. The van der Waals surface area contributed by atoms with Gasteiger partial charge in [0, 0.05) is 12.2 Å². The number of ether oxygens (including phenoxy) is 1. The Hall–Kier alpha value is -1.55. The minimum Gasteiger partial charge on any atom is -0.507 e. The molecule has 0 aliphatic heterocycles. The zero-order valence-electron chi connectivity index (χ0n) is 7.97. The molecule has 0 saturated heterocycles. The van der Waals surface area contributed by atoms with Crippen molar-refractivity contribution in [3.63, 3.8) is 0 Å². The van der Waals surface area contributed by atoms with Crippen LogP contribution in [0.25, 0.3) is 0 Å². The van der Waals surface area contributed by atoms with Crippen molar-refractivity contribution >= 4 is 5.71 Å². The quantitative estimate of drug-likeness (QED) is 0.436. The third-order valence-corrected chi connectivity index (χ3v) is 1.78. The second-order valence-corrected chi connectivity index (χ2v) is 2.70. The van der Waals surface area contributed by atoms with Gasteiger partial charge in [-0.2, -0.15) is 0 Å². The molecule has 76 valence electrons. The number of nitrogens with zero attached hydrogens (tertiary/aromatic N) is 1. The van der Waals surface area contributed by atoms with Crippen LogP contribution in [0.2, 0.25) is 0 Å². The van der Waals surface area contributed by atoms with Gasteiger partial charge in [0.2, 0.25) is 0 Å². The summed E-state index contributed by atoms with van der Waals surface area (Å²) < 4.78 is 5.09. The maximum Gasteiger partial charge on any atom is 0.124 e. The molecule has 0 atom stereocenters.